The molecule has 166 valence electrons. The van der Waals surface area contributed by atoms with Crippen LogP contribution in [0.15, 0.2) is 41.6 Å². The highest BCUT2D eigenvalue weighted by atomic mass is 35.5. The Morgan fingerprint density at radius 1 is 1.13 bits per heavy atom. The van der Waals surface area contributed by atoms with Crippen molar-refractivity contribution in [2.45, 2.75) is 25.5 Å². The Balaban J connectivity index is 1.70. The molecule has 0 unspecified atom stereocenters. The molecule has 1 aromatic heterocycles. The van der Waals surface area contributed by atoms with Gasteiger partial charge in [0.15, 0.2) is 16.7 Å². The van der Waals surface area contributed by atoms with Crippen LogP contribution in [0.1, 0.15) is 13.8 Å². The van der Waals surface area contributed by atoms with E-state index in [4.69, 9.17) is 25.8 Å². The van der Waals surface area contributed by atoms with Gasteiger partial charge in [-0.15, -0.1) is 0 Å². The molecule has 0 fully saturated rings. The fraction of sp³-hybridized carbons (Fsp3) is 0.364. The van der Waals surface area contributed by atoms with Crippen molar-refractivity contribution in [1.82, 2.24) is 9.55 Å². The molecule has 0 saturated heterocycles. The monoisotopic (exact) mass is 463 g/mol. The van der Waals surface area contributed by atoms with Gasteiger partial charge in [-0.25, -0.2) is 4.98 Å². The topological polar surface area (TPSA) is 74.6 Å². The van der Waals surface area contributed by atoms with Crippen LogP contribution in [0.2, 0.25) is 5.02 Å². The first-order chi connectivity index (χ1) is 15.0. The summed E-state index contributed by atoms with van der Waals surface area (Å²) in [5, 5.41) is 4.27. The first-order valence-corrected chi connectivity index (χ1v) is 11.4. The average Bonchev–Trinajstić information content (AvgIpc) is 3.09. The van der Waals surface area contributed by atoms with Gasteiger partial charge in [-0.05, 0) is 44.2 Å². The van der Waals surface area contributed by atoms with Crippen molar-refractivity contribution in [3.8, 4) is 11.5 Å². The minimum Gasteiger partial charge on any atom is -0.490 e. The number of methoxy groups -OCH3 is 1. The quantitative estimate of drug-likeness (QED) is 0.409. The summed E-state index contributed by atoms with van der Waals surface area (Å²) < 4.78 is 18.4. The number of imidazole rings is 1. The molecular weight excluding hydrogens is 438 g/mol. The molecule has 2 aromatic carbocycles. The van der Waals surface area contributed by atoms with Gasteiger partial charge in [0.2, 0.25) is 5.91 Å². The summed E-state index contributed by atoms with van der Waals surface area (Å²) >= 11 is 7.47. The predicted molar refractivity (Wildman–Crippen MR) is 125 cm³/mol. The van der Waals surface area contributed by atoms with Gasteiger partial charge in [-0.2, -0.15) is 0 Å². The van der Waals surface area contributed by atoms with Crippen molar-refractivity contribution >= 4 is 46.0 Å². The lowest BCUT2D eigenvalue weighted by molar-refractivity contribution is -0.113. The Labute approximate surface area is 191 Å². The van der Waals surface area contributed by atoms with Crippen molar-refractivity contribution in [3.63, 3.8) is 0 Å². The molecule has 9 heteroatoms. The number of hydrogen-bond acceptors (Lipinski definition) is 6. The molecule has 0 aliphatic carbocycles. The van der Waals surface area contributed by atoms with E-state index in [1.54, 1.807) is 25.3 Å². The number of halogens is 1. The molecule has 0 saturated carbocycles. The Kier molecular flexibility index (Phi) is 8.45. The van der Waals surface area contributed by atoms with E-state index in [1.807, 2.05) is 36.6 Å². The van der Waals surface area contributed by atoms with E-state index in [1.165, 1.54) is 11.8 Å². The van der Waals surface area contributed by atoms with Gasteiger partial charge >= 0.3 is 0 Å². The molecule has 1 heterocycles. The summed E-state index contributed by atoms with van der Waals surface area (Å²) in [5.41, 5.74) is 2.40. The number of nitrogens with one attached hydrogen (secondary N) is 1. The Bertz CT molecular complexity index is 1040. The van der Waals surface area contributed by atoms with Crippen LogP contribution in [0, 0.1) is 0 Å². The maximum Gasteiger partial charge on any atom is 0.234 e. The summed E-state index contributed by atoms with van der Waals surface area (Å²) in [6.07, 6.45) is 0. The molecule has 3 rings (SSSR count). The van der Waals surface area contributed by atoms with Crippen LogP contribution in [0.25, 0.3) is 11.0 Å². The average molecular weight is 464 g/mol. The van der Waals surface area contributed by atoms with E-state index in [2.05, 4.69) is 10.3 Å². The number of benzene rings is 2. The van der Waals surface area contributed by atoms with E-state index < -0.39 is 0 Å². The van der Waals surface area contributed by atoms with Crippen LogP contribution in [-0.2, 0) is 16.1 Å². The van der Waals surface area contributed by atoms with Gasteiger partial charge in [0.05, 0.1) is 36.6 Å². The zero-order chi connectivity index (χ0) is 22.2. The largest absolute Gasteiger partial charge is 0.490 e. The van der Waals surface area contributed by atoms with Crippen LogP contribution < -0.4 is 14.8 Å². The fourth-order valence-electron chi connectivity index (χ4n) is 3.05. The lowest BCUT2D eigenvalue weighted by atomic mass is 10.2. The van der Waals surface area contributed by atoms with E-state index in [-0.39, 0.29) is 11.7 Å². The number of thioether (sulfide) groups is 1. The highest BCUT2D eigenvalue weighted by Crippen LogP contribution is 2.31. The molecular formula is C22H26ClN3O4S. The van der Waals surface area contributed by atoms with Gasteiger partial charge in [-0.3, -0.25) is 4.79 Å². The van der Waals surface area contributed by atoms with E-state index in [9.17, 15) is 4.79 Å². The lowest BCUT2D eigenvalue weighted by Gasteiger charge is -2.13. The third-order valence-electron chi connectivity index (χ3n) is 4.35. The number of nitrogens with zero attached hydrogens (tertiary/aromatic N) is 2. The molecule has 0 radical (unpaired) electrons. The van der Waals surface area contributed by atoms with Crippen LogP contribution in [-0.4, -0.2) is 48.1 Å². The number of hydrogen-bond donors (Lipinski definition) is 1. The molecule has 7 nitrogen and oxygen atoms in total. The number of carbonyl (C=O) groups excluding carboxylic acids is 1. The number of aromatic nitrogens is 2. The van der Waals surface area contributed by atoms with Gasteiger partial charge in [0.25, 0.3) is 0 Å². The SMILES string of the molecule is CCOc1ccc(NC(=O)CSc2nc3cc(Cl)ccc3n2CCOC)cc1OCC. The summed E-state index contributed by atoms with van der Waals surface area (Å²) in [5.74, 6) is 1.33. The van der Waals surface area contributed by atoms with Crippen molar-refractivity contribution in [2.75, 3.05) is 38.0 Å². The van der Waals surface area contributed by atoms with E-state index in [0.29, 0.717) is 48.6 Å². The van der Waals surface area contributed by atoms with Gasteiger partial charge in [0.1, 0.15) is 0 Å². The second-order valence-corrected chi connectivity index (χ2v) is 7.92. The number of amides is 1. The third kappa shape index (κ3) is 6.06. The van der Waals surface area contributed by atoms with Gasteiger partial charge in [-0.1, -0.05) is 23.4 Å². The van der Waals surface area contributed by atoms with Crippen LogP contribution >= 0.6 is 23.4 Å². The van der Waals surface area contributed by atoms with Crippen LogP contribution in [0.4, 0.5) is 5.69 Å². The van der Waals surface area contributed by atoms with Crippen molar-refractivity contribution in [2.24, 2.45) is 0 Å². The molecule has 31 heavy (non-hydrogen) atoms. The highest BCUT2D eigenvalue weighted by Gasteiger charge is 2.14. The molecule has 0 spiro atoms. The maximum absolute atomic E-state index is 12.6. The molecule has 3 aromatic rings. The van der Waals surface area contributed by atoms with E-state index >= 15 is 0 Å². The van der Waals surface area contributed by atoms with Gasteiger partial charge in [0, 0.05) is 30.4 Å². The number of carbonyl (C=O) groups is 1. The van der Waals surface area contributed by atoms with E-state index in [0.717, 1.165) is 16.2 Å². The smallest absolute Gasteiger partial charge is 0.234 e. The normalized spacial score (nSPS) is 11.0. The van der Waals surface area contributed by atoms with Crippen molar-refractivity contribution in [3.05, 3.63) is 41.4 Å². The van der Waals surface area contributed by atoms with Crippen LogP contribution in [0.5, 0.6) is 11.5 Å². The minimum absolute atomic E-state index is 0.139. The highest BCUT2D eigenvalue weighted by molar-refractivity contribution is 7.99. The van der Waals surface area contributed by atoms with Crippen molar-refractivity contribution < 1.29 is 19.0 Å². The van der Waals surface area contributed by atoms with Crippen molar-refractivity contribution in [1.29, 1.82) is 0 Å². The number of rotatable bonds is 11. The minimum atomic E-state index is -0.139. The summed E-state index contributed by atoms with van der Waals surface area (Å²) in [7, 11) is 1.66. The summed E-state index contributed by atoms with van der Waals surface area (Å²) in [4.78, 5) is 17.2. The molecule has 0 aliphatic heterocycles. The molecule has 0 atom stereocenters. The Hall–Kier alpha value is -2.42. The molecule has 0 bridgehead atoms. The van der Waals surface area contributed by atoms with Gasteiger partial charge < -0.3 is 24.1 Å². The second kappa shape index (κ2) is 11.3. The standard InChI is InChI=1S/C22H26ClN3O4S/c1-4-29-19-9-7-16(13-20(19)30-5-2)24-21(27)14-31-22-25-17-12-15(23)6-8-18(17)26(22)10-11-28-3/h6-9,12-13H,4-5,10-11,14H2,1-3H3,(H,24,27). The molecule has 1 amide bonds. The number of anilines is 1. The molecule has 1 N–H and O–H groups in total. The predicted octanol–water partition coefficient (Wildman–Crippen LogP) is 4.86. The third-order valence-corrected chi connectivity index (χ3v) is 5.57. The summed E-state index contributed by atoms with van der Waals surface area (Å²) in [6, 6.07) is 10.9. The lowest BCUT2D eigenvalue weighted by Crippen LogP contribution is -2.15. The zero-order valence-electron chi connectivity index (χ0n) is 17.8. The second-order valence-electron chi connectivity index (χ2n) is 6.54. The molecule has 0 aliphatic rings. The first kappa shape index (κ1) is 23.2. The Morgan fingerprint density at radius 2 is 1.90 bits per heavy atom. The number of fused-ring (bicyclic) bond motifs is 1. The summed E-state index contributed by atoms with van der Waals surface area (Å²) in [6.45, 7) is 6.04. The zero-order valence-corrected chi connectivity index (χ0v) is 19.4. The Morgan fingerprint density at radius 3 is 2.65 bits per heavy atom. The first-order valence-electron chi connectivity index (χ1n) is 10.0. The number of ether oxygens (including phenoxy) is 3. The van der Waals surface area contributed by atoms with Crippen LogP contribution in [0.3, 0.4) is 0 Å². The maximum atomic E-state index is 12.6. The fourth-order valence-corrected chi connectivity index (χ4v) is 4.05.